The molecule has 0 amide bonds. The number of nitro groups is 1. The summed E-state index contributed by atoms with van der Waals surface area (Å²) in [5, 5.41) is 10.2. The fourth-order valence-electron chi connectivity index (χ4n) is 0.966. The van der Waals surface area contributed by atoms with Gasteiger partial charge in [0.25, 0.3) is 6.43 Å². The number of aromatic nitrogens is 1. The molecule has 0 aliphatic carbocycles. The number of rotatable bonds is 3. The molecule has 0 aliphatic rings. The van der Waals surface area contributed by atoms with E-state index in [9.17, 15) is 18.9 Å². The van der Waals surface area contributed by atoms with E-state index in [-0.39, 0.29) is 15.9 Å². The van der Waals surface area contributed by atoms with Crippen LogP contribution in [-0.4, -0.2) is 9.91 Å². The highest BCUT2D eigenvalue weighted by atomic mass is 79.9. The van der Waals surface area contributed by atoms with E-state index >= 15 is 0 Å². The highest BCUT2D eigenvalue weighted by Gasteiger charge is 2.24. The summed E-state index contributed by atoms with van der Waals surface area (Å²) < 4.78 is 24.7. The van der Waals surface area contributed by atoms with Gasteiger partial charge < -0.3 is 10.1 Å². The van der Waals surface area contributed by atoms with Crippen molar-refractivity contribution in [3.05, 3.63) is 32.5 Å². The summed E-state index contributed by atoms with van der Waals surface area (Å²) in [6.45, 7) is 0. The maximum Gasteiger partial charge on any atom is 0.368 e. The number of pyridine rings is 1. The van der Waals surface area contributed by atoms with Gasteiger partial charge in [0, 0.05) is 5.33 Å². The van der Waals surface area contributed by atoms with Crippen LogP contribution in [0.4, 0.5) is 14.6 Å². The monoisotopic (exact) mass is 300 g/mol. The molecule has 0 unspecified atom stereocenters. The van der Waals surface area contributed by atoms with E-state index < -0.39 is 22.7 Å². The molecular formula is C7H4BrClF2N2O2. The van der Waals surface area contributed by atoms with Crippen LogP contribution in [0.1, 0.15) is 17.6 Å². The van der Waals surface area contributed by atoms with Gasteiger partial charge >= 0.3 is 5.82 Å². The zero-order chi connectivity index (χ0) is 11.6. The quantitative estimate of drug-likeness (QED) is 0.488. The zero-order valence-electron chi connectivity index (χ0n) is 7.08. The van der Waals surface area contributed by atoms with E-state index in [1.807, 2.05) is 0 Å². The predicted octanol–water partition coefficient (Wildman–Crippen LogP) is 3.48. The number of hydrogen-bond donors (Lipinski definition) is 0. The molecule has 0 aliphatic heterocycles. The lowest BCUT2D eigenvalue weighted by atomic mass is 10.2. The summed E-state index contributed by atoms with van der Waals surface area (Å²) in [5.41, 5.74) is -0.545. The predicted molar refractivity (Wildman–Crippen MR) is 53.5 cm³/mol. The van der Waals surface area contributed by atoms with Crippen molar-refractivity contribution in [2.75, 3.05) is 0 Å². The van der Waals surface area contributed by atoms with Crippen molar-refractivity contribution in [3.63, 3.8) is 0 Å². The van der Waals surface area contributed by atoms with E-state index in [2.05, 4.69) is 20.9 Å². The van der Waals surface area contributed by atoms with Crippen LogP contribution in [0.25, 0.3) is 0 Å². The molecule has 0 saturated heterocycles. The maximum atomic E-state index is 12.4. The molecule has 0 saturated carbocycles. The normalized spacial score (nSPS) is 10.7. The van der Waals surface area contributed by atoms with Gasteiger partial charge in [-0.3, -0.25) is 0 Å². The Labute approximate surface area is 96.5 Å². The minimum Gasteiger partial charge on any atom is -0.358 e. The fourth-order valence-corrected chi connectivity index (χ4v) is 1.94. The Morgan fingerprint density at radius 3 is 2.67 bits per heavy atom. The molecule has 0 spiro atoms. The Hall–Kier alpha value is -0.820. The van der Waals surface area contributed by atoms with E-state index in [0.29, 0.717) is 0 Å². The highest BCUT2D eigenvalue weighted by Crippen LogP contribution is 2.34. The van der Waals surface area contributed by atoms with Crippen LogP contribution in [-0.2, 0) is 5.33 Å². The first-order valence-electron chi connectivity index (χ1n) is 3.64. The van der Waals surface area contributed by atoms with E-state index in [4.69, 9.17) is 11.6 Å². The first-order valence-corrected chi connectivity index (χ1v) is 5.14. The van der Waals surface area contributed by atoms with Crippen LogP contribution in [0.2, 0.25) is 5.02 Å². The first-order chi connectivity index (χ1) is 6.99. The minimum atomic E-state index is -2.80. The second-order valence-electron chi connectivity index (χ2n) is 2.52. The van der Waals surface area contributed by atoms with Crippen molar-refractivity contribution in [1.29, 1.82) is 0 Å². The third kappa shape index (κ3) is 2.40. The third-order valence-corrected chi connectivity index (χ3v) is 2.66. The van der Waals surface area contributed by atoms with E-state index in [1.165, 1.54) is 0 Å². The van der Waals surface area contributed by atoms with Crippen LogP contribution in [0.5, 0.6) is 0 Å². The van der Waals surface area contributed by atoms with Gasteiger partial charge in [-0.1, -0.05) is 27.5 Å². The van der Waals surface area contributed by atoms with Crippen molar-refractivity contribution in [1.82, 2.24) is 4.98 Å². The summed E-state index contributed by atoms with van der Waals surface area (Å²) in [6.07, 6.45) is -2.08. The van der Waals surface area contributed by atoms with Crippen molar-refractivity contribution in [3.8, 4) is 0 Å². The number of alkyl halides is 3. The molecule has 1 rings (SSSR count). The van der Waals surface area contributed by atoms with Gasteiger partial charge in [-0.25, -0.2) is 8.78 Å². The van der Waals surface area contributed by atoms with Crippen LogP contribution in [0, 0.1) is 10.1 Å². The zero-order valence-corrected chi connectivity index (χ0v) is 9.43. The lowest BCUT2D eigenvalue weighted by Gasteiger charge is -2.05. The standard InChI is InChI=1S/C7H4BrClF2N2O2/c8-1-3-5(9)4(6(10)11)2-12-7(3)13(14)15/h2,6H,1H2. The molecule has 1 aromatic heterocycles. The Bertz CT molecular complexity index is 403. The average molecular weight is 301 g/mol. The smallest absolute Gasteiger partial charge is 0.358 e. The Kier molecular flexibility index (Phi) is 3.92. The molecule has 0 bridgehead atoms. The van der Waals surface area contributed by atoms with Crippen LogP contribution in [0.15, 0.2) is 6.20 Å². The van der Waals surface area contributed by atoms with Gasteiger partial charge in [0.1, 0.15) is 0 Å². The molecule has 82 valence electrons. The van der Waals surface area contributed by atoms with Crippen molar-refractivity contribution < 1.29 is 13.7 Å². The van der Waals surface area contributed by atoms with Gasteiger partial charge in [-0.05, 0) is 9.91 Å². The lowest BCUT2D eigenvalue weighted by Crippen LogP contribution is -2.01. The van der Waals surface area contributed by atoms with Crippen molar-refractivity contribution >= 4 is 33.3 Å². The molecule has 0 fully saturated rings. The second-order valence-corrected chi connectivity index (χ2v) is 3.46. The van der Waals surface area contributed by atoms with E-state index in [0.717, 1.165) is 6.20 Å². The van der Waals surface area contributed by atoms with Gasteiger partial charge in [-0.15, -0.1) is 0 Å². The molecule has 1 aromatic rings. The fraction of sp³-hybridized carbons (Fsp3) is 0.286. The molecule has 15 heavy (non-hydrogen) atoms. The number of nitrogens with zero attached hydrogens (tertiary/aromatic N) is 2. The summed E-state index contributed by atoms with van der Waals surface area (Å²) in [5.74, 6) is -0.513. The van der Waals surface area contributed by atoms with Gasteiger partial charge in [0.05, 0.1) is 16.1 Å². The summed E-state index contributed by atoms with van der Waals surface area (Å²) in [4.78, 5) is 13.1. The summed E-state index contributed by atoms with van der Waals surface area (Å²) in [6, 6.07) is 0. The maximum absolute atomic E-state index is 12.4. The molecular weight excluding hydrogens is 297 g/mol. The van der Waals surface area contributed by atoms with Crippen LogP contribution < -0.4 is 0 Å². The molecule has 0 atom stereocenters. The Morgan fingerprint density at radius 1 is 1.67 bits per heavy atom. The molecule has 1 heterocycles. The second kappa shape index (κ2) is 4.80. The van der Waals surface area contributed by atoms with Gasteiger partial charge in [-0.2, -0.15) is 0 Å². The topological polar surface area (TPSA) is 56.0 Å². The highest BCUT2D eigenvalue weighted by molar-refractivity contribution is 9.08. The van der Waals surface area contributed by atoms with Crippen LogP contribution in [0.3, 0.4) is 0 Å². The Morgan fingerprint density at radius 2 is 2.27 bits per heavy atom. The number of hydrogen-bond acceptors (Lipinski definition) is 3. The average Bonchev–Trinajstić information content (AvgIpc) is 2.16. The first kappa shape index (κ1) is 12.3. The molecule has 0 N–H and O–H groups in total. The molecule has 0 radical (unpaired) electrons. The minimum absolute atomic E-state index is 0.00426. The van der Waals surface area contributed by atoms with Crippen molar-refractivity contribution in [2.45, 2.75) is 11.8 Å². The SMILES string of the molecule is O=[N+]([O-])c1ncc(C(F)F)c(Cl)c1CBr. The van der Waals surface area contributed by atoms with Crippen molar-refractivity contribution in [2.24, 2.45) is 0 Å². The number of halogens is 4. The van der Waals surface area contributed by atoms with Gasteiger partial charge in [0.15, 0.2) is 6.20 Å². The van der Waals surface area contributed by atoms with E-state index in [1.54, 1.807) is 0 Å². The summed E-state index contributed by atoms with van der Waals surface area (Å²) >= 11 is 8.54. The lowest BCUT2D eigenvalue weighted by molar-refractivity contribution is -0.390. The molecule has 8 heteroatoms. The van der Waals surface area contributed by atoms with Gasteiger partial charge in [0.2, 0.25) is 0 Å². The molecule has 4 nitrogen and oxygen atoms in total. The Balaban J connectivity index is 3.39. The molecule has 0 aromatic carbocycles. The summed E-state index contributed by atoms with van der Waals surface area (Å²) in [7, 11) is 0. The van der Waals surface area contributed by atoms with Crippen LogP contribution >= 0.6 is 27.5 Å². The largest absolute Gasteiger partial charge is 0.368 e. The third-order valence-electron chi connectivity index (χ3n) is 1.66.